The maximum Gasteiger partial charge on any atom is 0.274 e. The number of anilines is 2. The van der Waals surface area contributed by atoms with Crippen LogP contribution < -0.4 is 26.3 Å². The summed E-state index contributed by atoms with van der Waals surface area (Å²) in [6, 6.07) is 19.5. The van der Waals surface area contributed by atoms with Crippen molar-refractivity contribution < 1.29 is 18.8 Å². The summed E-state index contributed by atoms with van der Waals surface area (Å²) in [5.74, 6) is 1.22. The first-order chi connectivity index (χ1) is 17.4. The summed E-state index contributed by atoms with van der Waals surface area (Å²) >= 11 is 5.97. The number of piperidine rings is 1. The molecule has 36 heavy (non-hydrogen) atoms. The van der Waals surface area contributed by atoms with Crippen LogP contribution in [0.2, 0.25) is 5.15 Å². The van der Waals surface area contributed by atoms with Crippen LogP contribution in [0.5, 0.6) is 11.5 Å². The van der Waals surface area contributed by atoms with Gasteiger partial charge in [0.1, 0.15) is 37.8 Å². The molecule has 2 aromatic carbocycles. The Morgan fingerprint density at radius 3 is 2.11 bits per heavy atom. The molecule has 1 atom stereocenters. The molecule has 1 aliphatic rings. The Bertz CT molecular complexity index is 1100. The predicted octanol–water partition coefficient (Wildman–Crippen LogP) is 3.16. The molecule has 5 N–H and O–H groups in total. The number of nitrogen functional groups attached to an aromatic ring is 2. The fraction of sp³-hybridized carbons (Fsp3) is 0.346. The van der Waals surface area contributed by atoms with Gasteiger partial charge in [-0.15, -0.1) is 0 Å². The molecular weight excluding hydrogens is 480 g/mol. The van der Waals surface area contributed by atoms with Gasteiger partial charge in [0, 0.05) is 0 Å². The lowest BCUT2D eigenvalue weighted by atomic mass is 10.0. The molecule has 10 heteroatoms. The fourth-order valence-electron chi connectivity index (χ4n) is 4.57. The molecule has 0 bridgehead atoms. The molecule has 2 heterocycles. The van der Waals surface area contributed by atoms with Gasteiger partial charge in [-0.25, -0.2) is 9.97 Å². The van der Waals surface area contributed by atoms with Crippen LogP contribution in [0.25, 0.3) is 0 Å². The first-order valence-electron chi connectivity index (χ1n) is 12.0. The number of hydrogen-bond donors (Lipinski definition) is 3. The number of carbonyl (C=O) groups excluding carboxylic acids is 1. The van der Waals surface area contributed by atoms with E-state index < -0.39 is 5.91 Å². The quantitative estimate of drug-likeness (QED) is 0.357. The van der Waals surface area contributed by atoms with Crippen LogP contribution in [0, 0.1) is 0 Å². The van der Waals surface area contributed by atoms with Crippen molar-refractivity contribution in [1.29, 1.82) is 0 Å². The van der Waals surface area contributed by atoms with E-state index >= 15 is 0 Å². The zero-order chi connectivity index (χ0) is 25.4. The highest BCUT2D eigenvalue weighted by Crippen LogP contribution is 2.22. The van der Waals surface area contributed by atoms with Crippen molar-refractivity contribution >= 4 is 29.1 Å². The van der Waals surface area contributed by atoms with Crippen molar-refractivity contribution in [3.63, 3.8) is 0 Å². The lowest BCUT2D eigenvalue weighted by molar-refractivity contribution is -0.933. The summed E-state index contributed by atoms with van der Waals surface area (Å²) < 4.78 is 12.8. The zero-order valence-corrected chi connectivity index (χ0v) is 20.9. The first kappa shape index (κ1) is 25.5. The highest BCUT2D eigenvalue weighted by molar-refractivity contribution is 6.31. The number of amides is 1. The number of para-hydroxylation sites is 2. The number of nitrogens with zero attached hydrogens (tertiary/aromatic N) is 3. The number of benzene rings is 2. The number of ether oxygens (including phenoxy) is 2. The molecule has 0 spiro atoms. The maximum atomic E-state index is 13.0. The minimum Gasteiger partial charge on any atom is -0.488 e. The number of carbonyl (C=O) groups is 1. The summed E-state index contributed by atoms with van der Waals surface area (Å²) in [6.45, 7) is 4.39. The molecule has 0 radical (unpaired) electrons. The average molecular weight is 512 g/mol. The zero-order valence-electron chi connectivity index (χ0n) is 20.1. The van der Waals surface area contributed by atoms with E-state index in [4.69, 9.17) is 32.5 Å². The first-order valence-corrected chi connectivity index (χ1v) is 12.4. The molecule has 190 valence electrons. The lowest BCUT2D eigenvalue weighted by Gasteiger charge is -2.44. The molecule has 1 saturated heterocycles. The van der Waals surface area contributed by atoms with E-state index in [1.54, 1.807) is 0 Å². The van der Waals surface area contributed by atoms with Gasteiger partial charge in [0.05, 0.1) is 19.1 Å². The van der Waals surface area contributed by atoms with Crippen molar-refractivity contribution in [3.05, 3.63) is 71.5 Å². The SMILES string of the molecule is Nc1nc(N)c(C(=O)N[C@H]2CCC[N+](CCOc3ccccc3)(CCOc3ccccc3)C2)nc1Cl. The highest BCUT2D eigenvalue weighted by atomic mass is 35.5. The van der Waals surface area contributed by atoms with Gasteiger partial charge < -0.3 is 30.7 Å². The molecule has 1 amide bonds. The number of nitrogens with one attached hydrogen (secondary N) is 1. The number of quaternary nitrogens is 1. The van der Waals surface area contributed by atoms with Crippen molar-refractivity contribution in [3.8, 4) is 11.5 Å². The molecule has 0 unspecified atom stereocenters. The maximum absolute atomic E-state index is 13.0. The fourth-order valence-corrected chi connectivity index (χ4v) is 4.70. The predicted molar refractivity (Wildman–Crippen MR) is 140 cm³/mol. The van der Waals surface area contributed by atoms with Gasteiger partial charge in [-0.3, -0.25) is 4.79 Å². The second-order valence-electron chi connectivity index (χ2n) is 8.96. The van der Waals surface area contributed by atoms with Crippen LogP contribution in [-0.4, -0.2) is 65.8 Å². The molecule has 4 rings (SSSR count). The molecular formula is C26H32ClN6O3+. The van der Waals surface area contributed by atoms with Crippen LogP contribution in [0.4, 0.5) is 11.6 Å². The van der Waals surface area contributed by atoms with Crippen LogP contribution in [0.3, 0.4) is 0 Å². The summed E-state index contributed by atoms with van der Waals surface area (Å²) in [5, 5.41) is 3.03. The van der Waals surface area contributed by atoms with Gasteiger partial charge in [-0.2, -0.15) is 0 Å². The van der Waals surface area contributed by atoms with Gasteiger partial charge in [0.25, 0.3) is 5.91 Å². The Morgan fingerprint density at radius 2 is 1.53 bits per heavy atom. The second kappa shape index (κ2) is 11.9. The minimum atomic E-state index is -0.409. The van der Waals surface area contributed by atoms with Gasteiger partial charge in [0.15, 0.2) is 22.5 Å². The van der Waals surface area contributed by atoms with E-state index in [-0.39, 0.29) is 28.5 Å². The third-order valence-electron chi connectivity index (χ3n) is 6.40. The van der Waals surface area contributed by atoms with Crippen molar-refractivity contribution in [2.75, 3.05) is 50.9 Å². The third-order valence-corrected chi connectivity index (χ3v) is 6.68. The normalized spacial score (nSPS) is 16.8. The van der Waals surface area contributed by atoms with Gasteiger partial charge >= 0.3 is 0 Å². The minimum absolute atomic E-state index is 0.00380. The Morgan fingerprint density at radius 1 is 0.944 bits per heavy atom. The molecule has 0 aliphatic carbocycles. The van der Waals surface area contributed by atoms with Crippen LogP contribution in [0.15, 0.2) is 60.7 Å². The largest absolute Gasteiger partial charge is 0.488 e. The highest BCUT2D eigenvalue weighted by Gasteiger charge is 2.36. The third kappa shape index (κ3) is 6.77. The van der Waals surface area contributed by atoms with Crippen LogP contribution >= 0.6 is 11.6 Å². The number of halogens is 1. The van der Waals surface area contributed by atoms with Crippen molar-refractivity contribution in [2.45, 2.75) is 18.9 Å². The monoisotopic (exact) mass is 511 g/mol. The molecule has 1 fully saturated rings. The van der Waals surface area contributed by atoms with Crippen LogP contribution in [-0.2, 0) is 0 Å². The number of hydrogen-bond acceptors (Lipinski definition) is 7. The van der Waals surface area contributed by atoms with E-state index in [1.807, 2.05) is 60.7 Å². The standard InChI is InChI=1S/C26H31ClN6O3/c27-23-25(29)32-24(28)22(31-23)26(34)30-19-8-7-13-33(18-19,14-16-35-20-9-3-1-4-10-20)15-17-36-21-11-5-2-6-12-21/h1-6,9-12,19H,7-8,13-18H2,(H4-,28,29,30,32,34)/p+1/t19-/m0/s1. The molecule has 1 aliphatic heterocycles. The van der Waals surface area contributed by atoms with Gasteiger partial charge in [-0.05, 0) is 37.1 Å². The van der Waals surface area contributed by atoms with E-state index in [9.17, 15) is 4.79 Å². The number of nitrogens with two attached hydrogens (primary N) is 2. The average Bonchev–Trinajstić information content (AvgIpc) is 2.88. The van der Waals surface area contributed by atoms with E-state index in [1.165, 1.54) is 0 Å². The number of rotatable bonds is 10. The lowest BCUT2D eigenvalue weighted by Crippen LogP contribution is -2.62. The second-order valence-corrected chi connectivity index (χ2v) is 9.32. The van der Waals surface area contributed by atoms with Crippen molar-refractivity contribution in [2.24, 2.45) is 0 Å². The summed E-state index contributed by atoms with van der Waals surface area (Å²) in [4.78, 5) is 20.9. The number of aromatic nitrogens is 2. The summed E-state index contributed by atoms with van der Waals surface area (Å²) in [7, 11) is 0. The van der Waals surface area contributed by atoms with E-state index in [0.717, 1.165) is 55.0 Å². The summed E-state index contributed by atoms with van der Waals surface area (Å²) in [5.41, 5.74) is 11.5. The molecule has 1 aromatic heterocycles. The Kier molecular flexibility index (Phi) is 8.45. The summed E-state index contributed by atoms with van der Waals surface area (Å²) in [6.07, 6.45) is 1.80. The van der Waals surface area contributed by atoms with E-state index in [0.29, 0.717) is 13.2 Å². The molecule has 0 saturated carbocycles. The Balaban J connectivity index is 1.43. The Labute approximate surface area is 216 Å². The van der Waals surface area contributed by atoms with E-state index in [2.05, 4.69) is 15.3 Å². The topological polar surface area (TPSA) is 125 Å². The smallest absolute Gasteiger partial charge is 0.274 e. The van der Waals surface area contributed by atoms with Crippen LogP contribution in [0.1, 0.15) is 23.3 Å². The molecule has 9 nitrogen and oxygen atoms in total. The van der Waals surface area contributed by atoms with Gasteiger partial charge in [0.2, 0.25) is 0 Å². The number of likely N-dealkylation sites (tertiary alicyclic amines) is 1. The molecule has 3 aromatic rings. The van der Waals surface area contributed by atoms with Crippen molar-refractivity contribution in [1.82, 2.24) is 15.3 Å². The Hall–Kier alpha value is -3.56. The van der Waals surface area contributed by atoms with Gasteiger partial charge in [-0.1, -0.05) is 48.0 Å².